The van der Waals surface area contributed by atoms with Gasteiger partial charge in [0.15, 0.2) is 11.0 Å². The molecule has 5 N–H and O–H groups in total. The van der Waals surface area contributed by atoms with Gasteiger partial charge in [-0.15, -0.1) is 0 Å². The van der Waals surface area contributed by atoms with Gasteiger partial charge < -0.3 is 20.1 Å². The summed E-state index contributed by atoms with van der Waals surface area (Å²) in [6, 6.07) is 1.03. The van der Waals surface area contributed by atoms with E-state index in [1.165, 1.54) is 0 Å². The molecule has 10 nitrogen and oxygen atoms in total. The second-order valence-electron chi connectivity index (χ2n) is 4.41. The number of aromatic nitrogens is 2. The van der Waals surface area contributed by atoms with Gasteiger partial charge in [-0.2, -0.15) is 8.42 Å². The second-order valence-corrected chi connectivity index (χ2v) is 6.43. The fourth-order valence-corrected chi connectivity index (χ4v) is 3.13. The van der Waals surface area contributed by atoms with Crippen molar-refractivity contribution in [1.82, 2.24) is 9.55 Å². The van der Waals surface area contributed by atoms with Gasteiger partial charge in [0.05, 0.1) is 6.61 Å². The third-order valence-corrected chi connectivity index (χ3v) is 4.82. The quantitative estimate of drug-likeness (QED) is 0.302. The van der Waals surface area contributed by atoms with Gasteiger partial charge in [-0.25, -0.2) is 0 Å². The Labute approximate surface area is 123 Å². The average Bonchev–Trinajstić information content (AvgIpc) is 2.63. The summed E-state index contributed by atoms with van der Waals surface area (Å²) in [5.74, 6) is 0. The normalized spacial score (nSPS) is 33.2. The van der Waals surface area contributed by atoms with E-state index in [0.717, 1.165) is 16.8 Å². The molecule has 118 valence electrons. The second kappa shape index (κ2) is 5.24. The zero-order valence-electron chi connectivity index (χ0n) is 10.3. The Morgan fingerprint density at radius 1 is 1.48 bits per heavy atom. The van der Waals surface area contributed by atoms with Gasteiger partial charge >= 0.3 is 0 Å². The summed E-state index contributed by atoms with van der Waals surface area (Å²) >= 11 is 4.83. The molecular weight excluding hydrogens is 328 g/mol. The van der Waals surface area contributed by atoms with Crippen LogP contribution in [-0.4, -0.2) is 61.6 Å². The number of hydrogen-bond donors (Lipinski definition) is 5. The van der Waals surface area contributed by atoms with Crippen LogP contribution in [0.2, 0.25) is 0 Å². The molecule has 0 aliphatic carbocycles. The fraction of sp³-hybridized carbons (Fsp3) is 0.556. The number of aliphatic hydroxyl groups is 3. The van der Waals surface area contributed by atoms with Crippen LogP contribution in [0.4, 0.5) is 0 Å². The van der Waals surface area contributed by atoms with E-state index < -0.39 is 45.7 Å². The molecule has 1 saturated heterocycles. The molecular formula is C9H12N2O8S2. The standard InChI is InChI=1S/C9H12N2O8S2/c12-3-9(21(16,17)18)6(15)5(14)7(19-9)11-2-1-4(13)10-8(11)20/h1-2,5-7,12,14-15H,3H2,(H,10,13,20)(H,16,17,18)/t5-,6+,7-,9+/m1/s1. The minimum absolute atomic E-state index is 0.206. The average molecular weight is 340 g/mol. The number of rotatable bonds is 3. The van der Waals surface area contributed by atoms with E-state index in [9.17, 15) is 28.5 Å². The number of aromatic amines is 1. The largest absolute Gasteiger partial charge is 0.392 e. The molecule has 4 atom stereocenters. The Bertz CT molecular complexity index is 756. The summed E-state index contributed by atoms with van der Waals surface area (Å²) in [7, 11) is -5.06. The molecule has 0 amide bonds. The first-order chi connectivity index (χ1) is 9.64. The van der Waals surface area contributed by atoms with Crippen LogP contribution >= 0.6 is 12.2 Å². The summed E-state index contributed by atoms with van der Waals surface area (Å²) in [5.41, 5.74) is -0.535. The number of nitrogens with zero attached hydrogens (tertiary/aromatic N) is 1. The highest BCUT2D eigenvalue weighted by atomic mass is 32.2. The first kappa shape index (κ1) is 16.2. The fourth-order valence-electron chi connectivity index (χ4n) is 2.03. The van der Waals surface area contributed by atoms with Crippen molar-refractivity contribution in [2.75, 3.05) is 6.61 Å². The highest BCUT2D eigenvalue weighted by Gasteiger charge is 2.62. The predicted octanol–water partition coefficient (Wildman–Crippen LogP) is -2.27. The van der Waals surface area contributed by atoms with E-state index in [2.05, 4.69) is 4.98 Å². The summed E-state index contributed by atoms with van der Waals surface area (Å²) in [6.45, 7) is -1.29. The lowest BCUT2D eigenvalue weighted by atomic mass is 10.1. The van der Waals surface area contributed by atoms with Crippen molar-refractivity contribution in [1.29, 1.82) is 0 Å². The number of hydrogen-bond acceptors (Lipinski definition) is 8. The molecule has 2 rings (SSSR count). The van der Waals surface area contributed by atoms with E-state index in [0.29, 0.717) is 0 Å². The van der Waals surface area contributed by atoms with Crippen molar-refractivity contribution in [3.8, 4) is 0 Å². The van der Waals surface area contributed by atoms with Crippen molar-refractivity contribution in [2.45, 2.75) is 23.4 Å². The first-order valence-corrected chi connectivity index (χ1v) is 7.42. The minimum atomic E-state index is -5.06. The lowest BCUT2D eigenvalue weighted by molar-refractivity contribution is -0.0820. The number of nitrogens with one attached hydrogen (secondary N) is 1. The minimum Gasteiger partial charge on any atom is -0.392 e. The van der Waals surface area contributed by atoms with Crippen LogP contribution in [0.15, 0.2) is 17.1 Å². The first-order valence-electron chi connectivity index (χ1n) is 5.57. The van der Waals surface area contributed by atoms with E-state index >= 15 is 0 Å². The number of H-pyrrole nitrogens is 1. The van der Waals surface area contributed by atoms with Gasteiger partial charge in [-0.1, -0.05) is 0 Å². The van der Waals surface area contributed by atoms with Crippen molar-refractivity contribution in [3.05, 3.63) is 27.4 Å². The van der Waals surface area contributed by atoms with Gasteiger partial charge in [0.1, 0.15) is 12.2 Å². The van der Waals surface area contributed by atoms with Crippen LogP contribution in [0.5, 0.6) is 0 Å². The molecule has 1 aliphatic rings. The smallest absolute Gasteiger partial charge is 0.300 e. The molecule has 0 spiro atoms. The van der Waals surface area contributed by atoms with Gasteiger partial charge in [0.2, 0.25) is 4.93 Å². The Morgan fingerprint density at radius 2 is 2.10 bits per heavy atom. The van der Waals surface area contributed by atoms with E-state index in [4.69, 9.17) is 21.5 Å². The van der Waals surface area contributed by atoms with Crippen molar-refractivity contribution >= 4 is 22.3 Å². The topological polar surface area (TPSA) is 162 Å². The summed E-state index contributed by atoms with van der Waals surface area (Å²) < 4.78 is 37.6. The molecule has 21 heavy (non-hydrogen) atoms. The zero-order chi connectivity index (χ0) is 16.0. The highest BCUT2D eigenvalue weighted by molar-refractivity contribution is 7.87. The van der Waals surface area contributed by atoms with Crippen LogP contribution in [0, 0.1) is 4.77 Å². The van der Waals surface area contributed by atoms with Gasteiger partial charge in [0.25, 0.3) is 15.7 Å². The van der Waals surface area contributed by atoms with Crippen LogP contribution in [0.1, 0.15) is 6.23 Å². The zero-order valence-corrected chi connectivity index (χ0v) is 11.9. The number of ether oxygens (including phenoxy) is 1. The Kier molecular flexibility index (Phi) is 4.05. The molecule has 1 aromatic heterocycles. The van der Waals surface area contributed by atoms with E-state index in [-0.39, 0.29) is 4.77 Å². The predicted molar refractivity (Wildman–Crippen MR) is 69.4 cm³/mol. The van der Waals surface area contributed by atoms with Crippen molar-refractivity contribution in [3.63, 3.8) is 0 Å². The molecule has 0 bridgehead atoms. The maximum absolute atomic E-state index is 11.4. The van der Waals surface area contributed by atoms with Crippen molar-refractivity contribution in [2.24, 2.45) is 0 Å². The van der Waals surface area contributed by atoms with E-state index in [1.54, 1.807) is 0 Å². The van der Waals surface area contributed by atoms with Gasteiger partial charge in [-0.05, 0) is 12.2 Å². The monoisotopic (exact) mass is 340 g/mol. The molecule has 1 aliphatic heterocycles. The Balaban J connectivity index is 2.55. The summed E-state index contributed by atoms with van der Waals surface area (Å²) in [5, 5.41) is 28.9. The molecule has 1 fully saturated rings. The third-order valence-electron chi connectivity index (χ3n) is 3.17. The Morgan fingerprint density at radius 3 is 2.52 bits per heavy atom. The number of aliphatic hydroxyl groups excluding tert-OH is 3. The van der Waals surface area contributed by atoms with Crippen LogP contribution in [0.3, 0.4) is 0 Å². The molecule has 12 heteroatoms. The highest BCUT2D eigenvalue weighted by Crippen LogP contribution is 2.40. The van der Waals surface area contributed by atoms with Gasteiger partial charge in [0, 0.05) is 12.3 Å². The van der Waals surface area contributed by atoms with Crippen molar-refractivity contribution < 1.29 is 33.0 Å². The Hall–Kier alpha value is -1.15. The van der Waals surface area contributed by atoms with Gasteiger partial charge in [-0.3, -0.25) is 18.9 Å². The molecule has 1 aromatic rings. The maximum Gasteiger partial charge on any atom is 0.300 e. The molecule has 0 saturated carbocycles. The molecule has 0 unspecified atom stereocenters. The summed E-state index contributed by atoms with van der Waals surface area (Å²) in [4.78, 5) is 10.5. The maximum atomic E-state index is 11.4. The molecule has 0 aromatic carbocycles. The lowest BCUT2D eigenvalue weighted by Gasteiger charge is -2.26. The van der Waals surface area contributed by atoms with E-state index in [1.807, 2.05) is 0 Å². The molecule has 2 heterocycles. The SMILES string of the molecule is O=c1ccn([C@@H]2O[C@@](CO)(S(=O)(=O)O)[C@@H](O)[C@H]2O)c(=S)[nH]1. The summed E-state index contributed by atoms with van der Waals surface area (Å²) in [6.07, 6.45) is -4.37. The van der Waals surface area contributed by atoms with Crippen LogP contribution in [-0.2, 0) is 14.9 Å². The van der Waals surface area contributed by atoms with Crippen LogP contribution < -0.4 is 5.56 Å². The van der Waals surface area contributed by atoms with Crippen LogP contribution in [0.25, 0.3) is 0 Å². The molecule has 0 radical (unpaired) electrons. The lowest BCUT2D eigenvalue weighted by Crippen LogP contribution is -2.52. The third kappa shape index (κ3) is 2.44.